The van der Waals surface area contributed by atoms with Crippen molar-refractivity contribution >= 4 is 64.5 Å². The third-order valence-electron chi connectivity index (χ3n) is 3.49. The van der Waals surface area contributed by atoms with Crippen molar-refractivity contribution in [3.05, 3.63) is 38.0 Å². The summed E-state index contributed by atoms with van der Waals surface area (Å²) in [6.45, 7) is 6.25. The molecule has 2 N–H and O–H groups in total. The quantitative estimate of drug-likeness (QED) is 0.248. The minimum absolute atomic E-state index is 0. The molecular weight excluding hydrogens is 492 g/mol. The number of hydrogen-bond donors (Lipinski definition) is 2. The summed E-state index contributed by atoms with van der Waals surface area (Å²) < 4.78 is 1.85. The summed E-state index contributed by atoms with van der Waals surface area (Å²) in [6.07, 6.45) is 1.99. The van der Waals surface area contributed by atoms with Gasteiger partial charge in [0.25, 0.3) is 0 Å². The van der Waals surface area contributed by atoms with Gasteiger partial charge in [-0.3, -0.25) is 0 Å². The van der Waals surface area contributed by atoms with Crippen molar-refractivity contribution in [2.75, 3.05) is 13.1 Å². The maximum atomic E-state index is 6.08. The number of nitrogens with one attached hydrogen (secondary N) is 2. The van der Waals surface area contributed by atoms with Gasteiger partial charge in [0.05, 0.1) is 16.6 Å². The third kappa shape index (κ3) is 6.96. The second-order valence-electron chi connectivity index (χ2n) is 5.44. The van der Waals surface area contributed by atoms with Gasteiger partial charge in [-0.05, 0) is 26.3 Å². The Bertz CT molecular complexity index is 699. The maximum absolute atomic E-state index is 6.08. The van der Waals surface area contributed by atoms with Gasteiger partial charge in [0.2, 0.25) is 0 Å². The van der Waals surface area contributed by atoms with Crippen molar-refractivity contribution in [3.8, 4) is 0 Å². The molecule has 0 aliphatic heterocycles. The Kier molecular flexibility index (Phi) is 10.1. The van der Waals surface area contributed by atoms with Crippen LogP contribution in [0.5, 0.6) is 0 Å². The summed E-state index contributed by atoms with van der Waals surface area (Å²) in [7, 11) is 1.88. The first kappa shape index (κ1) is 22.5. The van der Waals surface area contributed by atoms with E-state index in [2.05, 4.69) is 26.0 Å². The van der Waals surface area contributed by atoms with Crippen LogP contribution in [0.2, 0.25) is 10.2 Å². The largest absolute Gasteiger partial charge is 0.357 e. The van der Waals surface area contributed by atoms with Crippen LogP contribution in [0.4, 0.5) is 0 Å². The SMILES string of the molecule is CCNC(=NCc1cc(Cl)c(Cl)n1C)NCCCc1nc(C)cs1.I. The topological polar surface area (TPSA) is 54.2 Å². The average Bonchev–Trinajstić information content (AvgIpc) is 3.08. The van der Waals surface area contributed by atoms with E-state index in [1.807, 2.05) is 31.5 Å². The fraction of sp³-hybridized carbons (Fsp3) is 0.500. The Morgan fingerprint density at radius 1 is 1.36 bits per heavy atom. The summed E-state index contributed by atoms with van der Waals surface area (Å²) in [5.74, 6) is 0.793. The van der Waals surface area contributed by atoms with Crippen LogP contribution in [0.15, 0.2) is 16.4 Å². The van der Waals surface area contributed by atoms with Crippen molar-refractivity contribution in [2.24, 2.45) is 12.0 Å². The lowest BCUT2D eigenvalue weighted by Crippen LogP contribution is -2.37. The number of thiazole rings is 1. The van der Waals surface area contributed by atoms with Crippen LogP contribution in [0, 0.1) is 6.92 Å². The number of aryl methyl sites for hydroxylation is 2. The Hall–Kier alpha value is -0.510. The van der Waals surface area contributed by atoms with Gasteiger partial charge in [0, 0.05) is 43.3 Å². The Labute approximate surface area is 180 Å². The van der Waals surface area contributed by atoms with Crippen molar-refractivity contribution in [1.29, 1.82) is 0 Å². The van der Waals surface area contributed by atoms with Crippen molar-refractivity contribution < 1.29 is 0 Å². The van der Waals surface area contributed by atoms with E-state index in [9.17, 15) is 0 Å². The zero-order valence-corrected chi connectivity index (χ0v) is 19.3. The highest BCUT2D eigenvalue weighted by Gasteiger charge is 2.08. The van der Waals surface area contributed by atoms with Crippen molar-refractivity contribution in [2.45, 2.75) is 33.2 Å². The summed E-state index contributed by atoms with van der Waals surface area (Å²) in [5, 5.41) is 11.0. The molecule has 2 aromatic rings. The molecular formula is C16H24Cl2IN5S. The van der Waals surface area contributed by atoms with E-state index >= 15 is 0 Å². The molecule has 5 nitrogen and oxygen atoms in total. The fourth-order valence-corrected chi connectivity index (χ4v) is 3.44. The van der Waals surface area contributed by atoms with E-state index < -0.39 is 0 Å². The van der Waals surface area contributed by atoms with Gasteiger partial charge in [-0.2, -0.15) is 0 Å². The first-order valence-electron chi connectivity index (χ1n) is 7.94. The molecule has 2 heterocycles. The monoisotopic (exact) mass is 515 g/mol. The normalized spacial score (nSPS) is 11.3. The zero-order chi connectivity index (χ0) is 17.5. The lowest BCUT2D eigenvalue weighted by atomic mass is 10.3. The van der Waals surface area contributed by atoms with Gasteiger partial charge in [-0.25, -0.2) is 9.98 Å². The maximum Gasteiger partial charge on any atom is 0.191 e. The van der Waals surface area contributed by atoms with E-state index in [0.29, 0.717) is 16.7 Å². The van der Waals surface area contributed by atoms with Gasteiger partial charge in [0.1, 0.15) is 5.15 Å². The van der Waals surface area contributed by atoms with Crippen LogP contribution in [0.25, 0.3) is 0 Å². The molecule has 140 valence electrons. The van der Waals surface area contributed by atoms with Crippen LogP contribution >= 0.6 is 58.5 Å². The van der Waals surface area contributed by atoms with Gasteiger partial charge in [-0.1, -0.05) is 23.2 Å². The average molecular weight is 516 g/mol. The van der Waals surface area contributed by atoms with Crippen molar-refractivity contribution in [1.82, 2.24) is 20.2 Å². The molecule has 9 heteroatoms. The third-order valence-corrected chi connectivity index (χ3v) is 5.35. The predicted octanol–water partition coefficient (Wildman–Crippen LogP) is 4.40. The lowest BCUT2D eigenvalue weighted by Gasteiger charge is -2.11. The van der Waals surface area contributed by atoms with Gasteiger partial charge >= 0.3 is 0 Å². The predicted molar refractivity (Wildman–Crippen MR) is 119 cm³/mol. The van der Waals surface area contributed by atoms with Crippen LogP contribution < -0.4 is 10.6 Å². The summed E-state index contributed by atoms with van der Waals surface area (Å²) >= 11 is 13.8. The van der Waals surface area contributed by atoms with E-state index in [0.717, 1.165) is 43.3 Å². The van der Waals surface area contributed by atoms with Gasteiger partial charge in [0.15, 0.2) is 5.96 Å². The van der Waals surface area contributed by atoms with Crippen LogP contribution in [0.1, 0.15) is 29.7 Å². The Morgan fingerprint density at radius 3 is 2.68 bits per heavy atom. The molecule has 0 atom stereocenters. The molecule has 0 amide bonds. The number of nitrogens with zero attached hydrogens (tertiary/aromatic N) is 3. The van der Waals surface area contributed by atoms with Gasteiger partial charge in [-0.15, -0.1) is 35.3 Å². The first-order chi connectivity index (χ1) is 11.5. The molecule has 0 saturated heterocycles. The molecule has 25 heavy (non-hydrogen) atoms. The molecule has 2 rings (SSSR count). The van der Waals surface area contributed by atoms with E-state index in [4.69, 9.17) is 23.2 Å². The number of halogens is 3. The highest BCUT2D eigenvalue weighted by molar-refractivity contribution is 14.0. The number of hydrogen-bond acceptors (Lipinski definition) is 3. The second-order valence-corrected chi connectivity index (χ2v) is 7.15. The first-order valence-corrected chi connectivity index (χ1v) is 9.57. The van der Waals surface area contributed by atoms with E-state index in [1.54, 1.807) is 11.3 Å². The summed E-state index contributed by atoms with van der Waals surface area (Å²) in [6, 6.07) is 1.85. The van der Waals surface area contributed by atoms with Gasteiger partial charge < -0.3 is 15.2 Å². The second kappa shape index (κ2) is 11.3. The minimum Gasteiger partial charge on any atom is -0.357 e. The Morgan fingerprint density at radius 2 is 2.12 bits per heavy atom. The van der Waals surface area contributed by atoms with Crippen molar-refractivity contribution in [3.63, 3.8) is 0 Å². The molecule has 0 unspecified atom stereocenters. The molecule has 0 radical (unpaired) electrons. The molecule has 2 aromatic heterocycles. The van der Waals surface area contributed by atoms with E-state index in [-0.39, 0.29) is 24.0 Å². The fourth-order valence-electron chi connectivity index (χ4n) is 2.21. The number of guanidine groups is 1. The van der Waals surface area contributed by atoms with E-state index in [1.165, 1.54) is 5.01 Å². The number of rotatable bonds is 7. The summed E-state index contributed by atoms with van der Waals surface area (Å²) in [4.78, 5) is 9.07. The van der Waals surface area contributed by atoms with Crippen LogP contribution in [-0.4, -0.2) is 28.6 Å². The summed E-state index contributed by atoms with van der Waals surface area (Å²) in [5.41, 5.74) is 2.07. The molecule has 0 bridgehead atoms. The number of aromatic nitrogens is 2. The molecule has 0 aliphatic carbocycles. The highest BCUT2D eigenvalue weighted by atomic mass is 127. The smallest absolute Gasteiger partial charge is 0.191 e. The zero-order valence-electron chi connectivity index (χ0n) is 14.6. The molecule has 0 aliphatic rings. The molecule has 0 spiro atoms. The minimum atomic E-state index is 0. The molecule has 0 aromatic carbocycles. The lowest BCUT2D eigenvalue weighted by molar-refractivity contribution is 0.735. The molecule has 0 fully saturated rings. The standard InChI is InChI=1S/C16H23Cl2N5S.HI/c1-4-19-16(20-7-5-6-14-22-11(2)10-24-14)21-9-12-8-13(17)15(18)23(12)3;/h8,10H,4-7,9H2,1-3H3,(H2,19,20,21);1H. The highest BCUT2D eigenvalue weighted by Crippen LogP contribution is 2.25. The van der Waals surface area contributed by atoms with Crippen LogP contribution in [-0.2, 0) is 20.0 Å². The molecule has 0 saturated carbocycles. The number of aliphatic imine (C=N–C) groups is 1. The van der Waals surface area contributed by atoms with Crippen LogP contribution in [0.3, 0.4) is 0 Å². The Balaban J connectivity index is 0.00000312.